The van der Waals surface area contributed by atoms with Crippen LogP contribution in [0.5, 0.6) is 0 Å². The summed E-state index contributed by atoms with van der Waals surface area (Å²) >= 11 is 0. The van der Waals surface area contributed by atoms with E-state index in [9.17, 15) is 0 Å². The van der Waals surface area contributed by atoms with Gasteiger partial charge in [-0.25, -0.2) is 4.98 Å². The minimum absolute atomic E-state index is 0.884. The van der Waals surface area contributed by atoms with E-state index in [0.29, 0.717) is 0 Å². The molecule has 1 aromatic heterocycles. The summed E-state index contributed by atoms with van der Waals surface area (Å²) in [6.07, 6.45) is 11.0. The molecule has 1 aromatic rings. The van der Waals surface area contributed by atoms with Gasteiger partial charge in [0.2, 0.25) is 0 Å². The first-order valence-electron chi connectivity index (χ1n) is 7.08. The number of allylic oxidation sites excluding steroid dienone is 2. The Bertz CT molecular complexity index is 435. The van der Waals surface area contributed by atoms with Gasteiger partial charge in [-0.1, -0.05) is 12.2 Å². The maximum atomic E-state index is 4.37. The molecule has 1 fully saturated rings. The van der Waals surface area contributed by atoms with Crippen molar-refractivity contribution in [2.75, 3.05) is 13.6 Å². The fourth-order valence-electron chi connectivity index (χ4n) is 3.49. The first-order chi connectivity index (χ1) is 8.70. The topological polar surface area (TPSA) is 31.9 Å². The van der Waals surface area contributed by atoms with E-state index in [2.05, 4.69) is 41.0 Å². The number of aryl methyl sites for hydroxylation is 1. The van der Waals surface area contributed by atoms with Gasteiger partial charge in [0.15, 0.2) is 0 Å². The number of H-pyrrole nitrogens is 1. The summed E-state index contributed by atoms with van der Waals surface area (Å²) in [7, 11) is 2.20. The molecule has 0 spiro atoms. The van der Waals surface area contributed by atoms with E-state index in [1.54, 1.807) is 0 Å². The number of hydrogen-bond acceptors (Lipinski definition) is 2. The van der Waals surface area contributed by atoms with Crippen molar-refractivity contribution < 1.29 is 0 Å². The second-order valence-corrected chi connectivity index (χ2v) is 6.08. The van der Waals surface area contributed by atoms with Crippen LogP contribution in [0.1, 0.15) is 30.8 Å². The fraction of sp³-hybridized carbons (Fsp3) is 0.667. The van der Waals surface area contributed by atoms with Crippen LogP contribution in [0.3, 0.4) is 0 Å². The lowest BCUT2D eigenvalue weighted by Gasteiger charge is -2.22. The van der Waals surface area contributed by atoms with Crippen LogP contribution >= 0.6 is 0 Å². The molecule has 1 N–H and O–H groups in total. The van der Waals surface area contributed by atoms with Gasteiger partial charge in [0.05, 0.1) is 6.54 Å². The zero-order valence-electron chi connectivity index (χ0n) is 11.4. The Labute approximate surface area is 109 Å². The van der Waals surface area contributed by atoms with E-state index < -0.39 is 0 Å². The van der Waals surface area contributed by atoms with Crippen molar-refractivity contribution >= 4 is 0 Å². The highest BCUT2D eigenvalue weighted by Crippen LogP contribution is 2.44. The van der Waals surface area contributed by atoms with Crippen LogP contribution in [0.2, 0.25) is 0 Å². The maximum Gasteiger partial charge on any atom is 0.120 e. The molecule has 3 rings (SSSR count). The Morgan fingerprint density at radius 3 is 2.89 bits per heavy atom. The smallest absolute Gasteiger partial charge is 0.120 e. The molecule has 0 saturated heterocycles. The second-order valence-electron chi connectivity index (χ2n) is 6.08. The minimum Gasteiger partial charge on any atom is -0.345 e. The molecule has 2 aliphatic rings. The van der Waals surface area contributed by atoms with Crippen LogP contribution < -0.4 is 0 Å². The lowest BCUT2D eigenvalue weighted by molar-refractivity contribution is 0.273. The molecule has 18 heavy (non-hydrogen) atoms. The van der Waals surface area contributed by atoms with Crippen LogP contribution in [0.15, 0.2) is 18.3 Å². The van der Waals surface area contributed by atoms with Gasteiger partial charge in [0.25, 0.3) is 0 Å². The summed E-state index contributed by atoms with van der Waals surface area (Å²) < 4.78 is 0. The largest absolute Gasteiger partial charge is 0.345 e. The quantitative estimate of drug-likeness (QED) is 0.809. The number of nitrogens with zero attached hydrogens (tertiary/aromatic N) is 2. The molecule has 1 heterocycles. The summed E-state index contributed by atoms with van der Waals surface area (Å²) in [6, 6.07) is 0. The lowest BCUT2D eigenvalue weighted by Crippen LogP contribution is -2.23. The molecule has 0 aromatic carbocycles. The summed E-state index contributed by atoms with van der Waals surface area (Å²) in [5.74, 6) is 3.80. The summed E-state index contributed by atoms with van der Waals surface area (Å²) in [5, 5.41) is 0. The minimum atomic E-state index is 0.884. The fourth-order valence-corrected chi connectivity index (χ4v) is 3.49. The molecular weight excluding hydrogens is 222 g/mol. The number of aromatic nitrogens is 2. The average Bonchev–Trinajstić information content (AvgIpc) is 3.03. The van der Waals surface area contributed by atoms with Gasteiger partial charge in [-0.05, 0) is 57.5 Å². The van der Waals surface area contributed by atoms with E-state index in [-0.39, 0.29) is 0 Å². The Kier molecular flexibility index (Phi) is 3.25. The van der Waals surface area contributed by atoms with Gasteiger partial charge in [0.1, 0.15) is 5.82 Å². The molecule has 98 valence electrons. The SMILES string of the molecule is Cc1cnc(CN(C)CC[C@@H]2C[C@@H]3C=C[C@H]2C3)[nH]1. The van der Waals surface area contributed by atoms with Crippen molar-refractivity contribution in [2.45, 2.75) is 32.7 Å². The van der Waals surface area contributed by atoms with Gasteiger partial charge >= 0.3 is 0 Å². The Morgan fingerprint density at radius 2 is 2.28 bits per heavy atom. The molecule has 2 aliphatic carbocycles. The summed E-state index contributed by atoms with van der Waals surface area (Å²) in [4.78, 5) is 10.0. The van der Waals surface area contributed by atoms with Crippen molar-refractivity contribution in [3.63, 3.8) is 0 Å². The number of nitrogens with one attached hydrogen (secondary N) is 1. The molecule has 3 heteroatoms. The first kappa shape index (κ1) is 12.0. The van der Waals surface area contributed by atoms with Crippen molar-refractivity contribution in [1.82, 2.24) is 14.9 Å². The summed E-state index contributed by atoms with van der Waals surface area (Å²) in [6.45, 7) is 4.17. The van der Waals surface area contributed by atoms with Crippen LogP contribution in [0, 0.1) is 24.7 Å². The Balaban J connectivity index is 1.44. The second kappa shape index (κ2) is 4.88. The van der Waals surface area contributed by atoms with E-state index in [0.717, 1.165) is 35.8 Å². The Morgan fingerprint density at radius 1 is 1.39 bits per heavy atom. The molecule has 0 unspecified atom stereocenters. The molecule has 3 atom stereocenters. The molecule has 2 bridgehead atoms. The van der Waals surface area contributed by atoms with Crippen molar-refractivity contribution in [3.05, 3.63) is 29.9 Å². The average molecular weight is 245 g/mol. The third-order valence-electron chi connectivity index (χ3n) is 4.47. The van der Waals surface area contributed by atoms with E-state index in [4.69, 9.17) is 0 Å². The highest BCUT2D eigenvalue weighted by Gasteiger charge is 2.35. The molecule has 1 saturated carbocycles. The third-order valence-corrected chi connectivity index (χ3v) is 4.47. The summed E-state index contributed by atoms with van der Waals surface area (Å²) in [5.41, 5.74) is 1.15. The normalized spacial score (nSPS) is 29.6. The van der Waals surface area contributed by atoms with Gasteiger partial charge < -0.3 is 4.98 Å². The van der Waals surface area contributed by atoms with Crippen LogP contribution in [0.4, 0.5) is 0 Å². The highest BCUT2D eigenvalue weighted by molar-refractivity contribution is 5.10. The van der Waals surface area contributed by atoms with Gasteiger partial charge in [-0.2, -0.15) is 0 Å². The first-order valence-corrected chi connectivity index (χ1v) is 7.08. The number of rotatable bonds is 5. The maximum absolute atomic E-state index is 4.37. The molecule has 0 radical (unpaired) electrons. The third kappa shape index (κ3) is 2.51. The van der Waals surface area contributed by atoms with Crippen LogP contribution in [-0.4, -0.2) is 28.5 Å². The van der Waals surface area contributed by atoms with Crippen molar-refractivity contribution in [3.8, 4) is 0 Å². The number of hydrogen-bond donors (Lipinski definition) is 1. The van der Waals surface area contributed by atoms with E-state index in [1.807, 2.05) is 6.20 Å². The predicted molar refractivity (Wildman–Crippen MR) is 73.1 cm³/mol. The molecule has 0 aliphatic heterocycles. The van der Waals surface area contributed by atoms with E-state index >= 15 is 0 Å². The monoisotopic (exact) mass is 245 g/mol. The van der Waals surface area contributed by atoms with Crippen LogP contribution in [-0.2, 0) is 6.54 Å². The standard InChI is InChI=1S/C15H23N3/c1-11-9-16-15(17-11)10-18(2)6-5-14-8-12-3-4-13(14)7-12/h3-4,9,12-14H,5-8,10H2,1-2H3,(H,16,17)/t12-,13+,14-/m1/s1. The number of aromatic amines is 1. The predicted octanol–water partition coefficient (Wildman–Crippen LogP) is 2.75. The zero-order chi connectivity index (χ0) is 12.5. The van der Waals surface area contributed by atoms with E-state index in [1.165, 1.54) is 25.8 Å². The molecular formula is C15H23N3. The number of imidazole rings is 1. The van der Waals surface area contributed by atoms with Crippen molar-refractivity contribution in [2.24, 2.45) is 17.8 Å². The zero-order valence-corrected chi connectivity index (χ0v) is 11.4. The molecule has 3 nitrogen and oxygen atoms in total. The molecule has 0 amide bonds. The lowest BCUT2D eigenvalue weighted by atomic mass is 9.90. The van der Waals surface area contributed by atoms with Gasteiger partial charge in [0, 0.05) is 11.9 Å². The highest BCUT2D eigenvalue weighted by atomic mass is 15.1. The Hall–Kier alpha value is -1.09. The van der Waals surface area contributed by atoms with Gasteiger partial charge in [-0.3, -0.25) is 4.90 Å². The number of fused-ring (bicyclic) bond motifs is 2. The van der Waals surface area contributed by atoms with Crippen LogP contribution in [0.25, 0.3) is 0 Å². The van der Waals surface area contributed by atoms with Gasteiger partial charge in [-0.15, -0.1) is 0 Å². The van der Waals surface area contributed by atoms with Crippen molar-refractivity contribution in [1.29, 1.82) is 0 Å².